The van der Waals surface area contributed by atoms with E-state index in [0.29, 0.717) is 5.41 Å². The summed E-state index contributed by atoms with van der Waals surface area (Å²) in [7, 11) is 0. The average molecular weight is 220 g/mol. The zero-order valence-electron chi connectivity index (χ0n) is 7.73. The van der Waals surface area contributed by atoms with Gasteiger partial charge < -0.3 is 0 Å². The van der Waals surface area contributed by atoms with E-state index in [1.807, 2.05) is 0 Å². The molecule has 1 aliphatic heterocycles. The SMILES string of the molecule is CC(C)(C)C1CCN(Br)CC1. The summed E-state index contributed by atoms with van der Waals surface area (Å²) in [5.41, 5.74) is 0.508. The van der Waals surface area contributed by atoms with Crippen molar-refractivity contribution in [1.29, 1.82) is 0 Å². The van der Waals surface area contributed by atoms with Gasteiger partial charge in [-0.25, -0.2) is 3.93 Å². The summed E-state index contributed by atoms with van der Waals surface area (Å²) in [6.07, 6.45) is 2.68. The van der Waals surface area contributed by atoms with Crippen molar-refractivity contribution in [2.75, 3.05) is 13.1 Å². The molecule has 2 heteroatoms. The third-order valence-corrected chi connectivity index (χ3v) is 3.37. The van der Waals surface area contributed by atoms with Gasteiger partial charge in [-0.15, -0.1) is 0 Å². The number of hydrogen-bond donors (Lipinski definition) is 0. The van der Waals surface area contributed by atoms with Crippen LogP contribution < -0.4 is 0 Å². The molecule has 0 N–H and O–H groups in total. The molecular weight excluding hydrogens is 202 g/mol. The lowest BCUT2D eigenvalue weighted by atomic mass is 9.76. The van der Waals surface area contributed by atoms with E-state index in [1.165, 1.54) is 25.9 Å². The molecule has 0 aromatic rings. The van der Waals surface area contributed by atoms with Crippen molar-refractivity contribution < 1.29 is 0 Å². The molecule has 0 aromatic heterocycles. The van der Waals surface area contributed by atoms with Crippen molar-refractivity contribution in [2.45, 2.75) is 33.6 Å². The lowest BCUT2D eigenvalue weighted by Gasteiger charge is -2.36. The van der Waals surface area contributed by atoms with Gasteiger partial charge >= 0.3 is 0 Å². The first-order valence-corrected chi connectivity index (χ1v) is 5.12. The fourth-order valence-electron chi connectivity index (χ4n) is 1.71. The molecule has 0 atom stereocenters. The maximum atomic E-state index is 3.52. The molecule has 0 radical (unpaired) electrons. The third kappa shape index (κ3) is 2.75. The van der Waals surface area contributed by atoms with Gasteiger partial charge in [-0.2, -0.15) is 0 Å². The fourth-order valence-corrected chi connectivity index (χ4v) is 2.12. The highest BCUT2D eigenvalue weighted by atomic mass is 79.9. The maximum absolute atomic E-state index is 3.52. The summed E-state index contributed by atoms with van der Waals surface area (Å²) in [5, 5.41) is 0. The van der Waals surface area contributed by atoms with Crippen LogP contribution in [0.2, 0.25) is 0 Å². The molecule has 0 unspecified atom stereocenters. The van der Waals surface area contributed by atoms with E-state index in [9.17, 15) is 0 Å². The molecular formula is C9H18BrN. The zero-order chi connectivity index (χ0) is 8.48. The average Bonchev–Trinajstić information content (AvgIpc) is 1.86. The van der Waals surface area contributed by atoms with E-state index in [-0.39, 0.29) is 0 Å². The Bertz CT molecular complexity index is 120. The highest BCUT2D eigenvalue weighted by molar-refractivity contribution is 9.07. The fraction of sp³-hybridized carbons (Fsp3) is 1.00. The van der Waals surface area contributed by atoms with E-state index >= 15 is 0 Å². The highest BCUT2D eigenvalue weighted by Gasteiger charge is 2.27. The van der Waals surface area contributed by atoms with E-state index < -0.39 is 0 Å². The monoisotopic (exact) mass is 219 g/mol. The molecule has 1 nitrogen and oxygen atoms in total. The van der Waals surface area contributed by atoms with Crippen molar-refractivity contribution in [3.05, 3.63) is 0 Å². The lowest BCUT2D eigenvalue weighted by molar-refractivity contribution is 0.162. The lowest BCUT2D eigenvalue weighted by Crippen LogP contribution is -2.32. The Kier molecular flexibility index (Phi) is 2.98. The summed E-state index contributed by atoms with van der Waals surface area (Å²) in [4.78, 5) is 0. The largest absolute Gasteiger partial charge is 0.242 e. The van der Waals surface area contributed by atoms with Crippen LogP contribution in [0.5, 0.6) is 0 Å². The summed E-state index contributed by atoms with van der Waals surface area (Å²) >= 11 is 3.52. The van der Waals surface area contributed by atoms with E-state index in [1.54, 1.807) is 0 Å². The van der Waals surface area contributed by atoms with Crippen LogP contribution in [0, 0.1) is 11.3 Å². The van der Waals surface area contributed by atoms with E-state index in [0.717, 1.165) is 5.92 Å². The molecule has 0 bridgehead atoms. The number of rotatable bonds is 0. The molecule has 1 fully saturated rings. The Balaban J connectivity index is 2.39. The summed E-state index contributed by atoms with van der Waals surface area (Å²) in [6, 6.07) is 0. The Morgan fingerprint density at radius 3 is 2.00 bits per heavy atom. The second-order valence-electron chi connectivity index (χ2n) is 4.55. The van der Waals surface area contributed by atoms with Crippen LogP contribution in [0.1, 0.15) is 33.6 Å². The van der Waals surface area contributed by atoms with Crippen LogP contribution in [0.3, 0.4) is 0 Å². The van der Waals surface area contributed by atoms with E-state index in [2.05, 4.69) is 40.8 Å². The molecule has 1 aliphatic rings. The molecule has 0 amide bonds. The molecule has 1 heterocycles. The van der Waals surface area contributed by atoms with Crippen molar-refractivity contribution in [3.8, 4) is 0 Å². The Morgan fingerprint density at radius 2 is 1.64 bits per heavy atom. The molecule has 1 saturated heterocycles. The molecule has 0 aromatic carbocycles. The Labute approximate surface area is 78.5 Å². The number of nitrogens with zero attached hydrogens (tertiary/aromatic N) is 1. The first-order chi connectivity index (χ1) is 5.00. The normalized spacial score (nSPS) is 24.0. The van der Waals surface area contributed by atoms with E-state index in [4.69, 9.17) is 0 Å². The minimum atomic E-state index is 0.508. The van der Waals surface area contributed by atoms with Gasteiger partial charge in [0, 0.05) is 29.2 Å². The van der Waals surface area contributed by atoms with Crippen LogP contribution in [-0.2, 0) is 0 Å². The quantitative estimate of drug-likeness (QED) is 0.567. The van der Waals surface area contributed by atoms with Gasteiger partial charge in [-0.05, 0) is 24.2 Å². The van der Waals surface area contributed by atoms with Gasteiger partial charge in [0.05, 0.1) is 0 Å². The van der Waals surface area contributed by atoms with Crippen LogP contribution in [0.25, 0.3) is 0 Å². The molecule has 1 rings (SSSR count). The highest BCUT2D eigenvalue weighted by Crippen LogP contribution is 2.34. The van der Waals surface area contributed by atoms with Gasteiger partial charge in [-0.3, -0.25) is 0 Å². The summed E-state index contributed by atoms with van der Waals surface area (Å²) < 4.78 is 2.25. The van der Waals surface area contributed by atoms with Crippen molar-refractivity contribution in [2.24, 2.45) is 11.3 Å². The smallest absolute Gasteiger partial charge is 0.0120 e. The summed E-state index contributed by atoms with van der Waals surface area (Å²) in [6.45, 7) is 9.47. The van der Waals surface area contributed by atoms with Crippen molar-refractivity contribution in [3.63, 3.8) is 0 Å². The number of piperidine rings is 1. The maximum Gasteiger partial charge on any atom is 0.0120 e. The van der Waals surface area contributed by atoms with Gasteiger partial charge in [0.1, 0.15) is 0 Å². The Hall–Kier alpha value is 0.440. The first kappa shape index (κ1) is 9.53. The van der Waals surface area contributed by atoms with Crippen LogP contribution in [-0.4, -0.2) is 17.0 Å². The number of hydrogen-bond acceptors (Lipinski definition) is 1. The van der Waals surface area contributed by atoms with Crippen LogP contribution >= 0.6 is 16.1 Å². The zero-order valence-corrected chi connectivity index (χ0v) is 9.32. The predicted octanol–water partition coefficient (Wildman–Crippen LogP) is 3.05. The van der Waals surface area contributed by atoms with Gasteiger partial charge in [0.15, 0.2) is 0 Å². The van der Waals surface area contributed by atoms with Gasteiger partial charge in [0.2, 0.25) is 0 Å². The first-order valence-electron chi connectivity index (χ1n) is 4.41. The molecule has 0 aliphatic carbocycles. The third-order valence-electron chi connectivity index (χ3n) is 2.67. The number of halogens is 1. The standard InChI is InChI=1S/C9H18BrN/c1-9(2,3)8-4-6-11(10)7-5-8/h8H,4-7H2,1-3H3. The second-order valence-corrected chi connectivity index (χ2v) is 5.55. The molecule has 0 spiro atoms. The second kappa shape index (κ2) is 3.44. The summed E-state index contributed by atoms with van der Waals surface area (Å²) in [5.74, 6) is 0.913. The molecule has 66 valence electrons. The molecule has 0 saturated carbocycles. The van der Waals surface area contributed by atoms with Crippen molar-refractivity contribution >= 4 is 16.1 Å². The van der Waals surface area contributed by atoms with Gasteiger partial charge in [-0.1, -0.05) is 20.8 Å². The predicted molar refractivity (Wildman–Crippen MR) is 52.7 cm³/mol. The van der Waals surface area contributed by atoms with Crippen LogP contribution in [0.4, 0.5) is 0 Å². The minimum Gasteiger partial charge on any atom is -0.242 e. The molecule has 11 heavy (non-hydrogen) atoms. The Morgan fingerprint density at radius 1 is 1.18 bits per heavy atom. The van der Waals surface area contributed by atoms with Gasteiger partial charge in [0.25, 0.3) is 0 Å². The minimum absolute atomic E-state index is 0.508. The van der Waals surface area contributed by atoms with Crippen molar-refractivity contribution in [1.82, 2.24) is 3.93 Å². The topological polar surface area (TPSA) is 3.24 Å². The van der Waals surface area contributed by atoms with Crippen LogP contribution in [0.15, 0.2) is 0 Å².